The van der Waals surface area contributed by atoms with Crippen molar-refractivity contribution >= 4 is 0 Å². The zero-order valence-electron chi connectivity index (χ0n) is 9.79. The van der Waals surface area contributed by atoms with E-state index in [1.165, 1.54) is 6.42 Å². The zero-order valence-corrected chi connectivity index (χ0v) is 9.79. The van der Waals surface area contributed by atoms with Crippen LogP contribution in [0.2, 0.25) is 0 Å². The molecule has 0 aromatic carbocycles. The van der Waals surface area contributed by atoms with Crippen molar-refractivity contribution in [3.63, 3.8) is 0 Å². The first-order valence-electron chi connectivity index (χ1n) is 5.89. The summed E-state index contributed by atoms with van der Waals surface area (Å²) in [4.78, 5) is 0. The third-order valence-corrected chi connectivity index (χ3v) is 3.97. The van der Waals surface area contributed by atoms with Gasteiger partial charge in [0.05, 0.1) is 12.7 Å². The first kappa shape index (κ1) is 10.2. The van der Waals surface area contributed by atoms with Gasteiger partial charge in [-0.1, -0.05) is 32.4 Å². The Kier molecular flexibility index (Phi) is 2.70. The second kappa shape index (κ2) is 3.69. The van der Waals surface area contributed by atoms with E-state index in [0.717, 1.165) is 18.4 Å². The molecule has 1 aliphatic carbocycles. The van der Waals surface area contributed by atoms with Gasteiger partial charge in [0.1, 0.15) is 0 Å². The summed E-state index contributed by atoms with van der Waals surface area (Å²) in [5.74, 6) is 2.85. The summed E-state index contributed by atoms with van der Waals surface area (Å²) in [6, 6.07) is 0. The molecule has 0 unspecified atom stereocenters. The van der Waals surface area contributed by atoms with Gasteiger partial charge in [-0.3, -0.25) is 0 Å². The van der Waals surface area contributed by atoms with Crippen LogP contribution in [0.4, 0.5) is 0 Å². The second-order valence-corrected chi connectivity index (χ2v) is 5.41. The number of hydrogen-bond donors (Lipinski definition) is 0. The van der Waals surface area contributed by atoms with E-state index in [4.69, 9.17) is 4.74 Å². The number of hydrogen-bond acceptors (Lipinski definition) is 1. The summed E-state index contributed by atoms with van der Waals surface area (Å²) in [5.41, 5.74) is 1.56. The van der Waals surface area contributed by atoms with Crippen LogP contribution in [0.15, 0.2) is 11.6 Å². The maximum Gasteiger partial charge on any atom is 0.0663 e. The molecule has 0 amide bonds. The summed E-state index contributed by atoms with van der Waals surface area (Å²) >= 11 is 0. The number of fused-ring (bicyclic) bond motifs is 2. The highest BCUT2D eigenvalue weighted by atomic mass is 16.5. The molecule has 0 N–H and O–H groups in total. The van der Waals surface area contributed by atoms with E-state index in [1.54, 1.807) is 5.57 Å². The zero-order chi connectivity index (χ0) is 10.3. The number of rotatable bonds is 1. The lowest BCUT2D eigenvalue weighted by atomic mass is 9.70. The molecule has 1 aliphatic heterocycles. The Bertz CT molecular complexity index is 242. The van der Waals surface area contributed by atoms with E-state index >= 15 is 0 Å². The van der Waals surface area contributed by atoms with Gasteiger partial charge in [0.15, 0.2) is 0 Å². The molecule has 0 saturated carbocycles. The smallest absolute Gasteiger partial charge is 0.0663 e. The highest BCUT2D eigenvalue weighted by molar-refractivity contribution is 5.14. The predicted octanol–water partition coefficient (Wildman–Crippen LogP) is 3.26. The summed E-state index contributed by atoms with van der Waals surface area (Å²) in [7, 11) is 0. The highest BCUT2D eigenvalue weighted by Crippen LogP contribution is 2.41. The van der Waals surface area contributed by atoms with Gasteiger partial charge in [0.25, 0.3) is 0 Å². The Morgan fingerprint density at radius 3 is 2.79 bits per heavy atom. The second-order valence-electron chi connectivity index (χ2n) is 5.41. The maximum atomic E-state index is 6.01. The lowest BCUT2D eigenvalue weighted by Gasteiger charge is -2.44. The van der Waals surface area contributed by atoms with Gasteiger partial charge >= 0.3 is 0 Å². The number of allylic oxidation sites excluding steroid dienone is 1. The van der Waals surface area contributed by atoms with Crippen molar-refractivity contribution in [2.75, 3.05) is 6.61 Å². The van der Waals surface area contributed by atoms with Crippen LogP contribution < -0.4 is 0 Å². The Morgan fingerprint density at radius 1 is 1.43 bits per heavy atom. The first-order chi connectivity index (χ1) is 6.59. The van der Waals surface area contributed by atoms with Gasteiger partial charge in [-0.05, 0) is 31.1 Å². The molecule has 2 rings (SSSR count). The van der Waals surface area contributed by atoms with Crippen LogP contribution in [0.3, 0.4) is 0 Å². The summed E-state index contributed by atoms with van der Waals surface area (Å²) in [6.07, 6.45) is 4.29. The standard InChI is InChI=1S/C13H22O/c1-8(2)13-12-6-11(7-14-13)9(3)5-10(12)4/h5,8-9,11-13H,6-7H2,1-4H3/t9-,11+,12+,13-/m0/s1. The van der Waals surface area contributed by atoms with Crippen LogP contribution >= 0.6 is 0 Å². The molecule has 2 bridgehead atoms. The van der Waals surface area contributed by atoms with E-state index in [-0.39, 0.29) is 0 Å². The summed E-state index contributed by atoms with van der Waals surface area (Å²) in [5, 5.41) is 0. The SMILES string of the molecule is CC1=C[C@H](C)[C@H]2CO[C@@H](C(C)C)[C@@H]1C2. The van der Waals surface area contributed by atoms with Gasteiger partial charge in [-0.2, -0.15) is 0 Å². The Hall–Kier alpha value is -0.300. The van der Waals surface area contributed by atoms with Crippen molar-refractivity contribution in [3.8, 4) is 0 Å². The van der Waals surface area contributed by atoms with Crippen LogP contribution in [0.5, 0.6) is 0 Å². The van der Waals surface area contributed by atoms with E-state index < -0.39 is 0 Å². The lowest BCUT2D eigenvalue weighted by Crippen LogP contribution is -2.42. The molecule has 80 valence electrons. The van der Waals surface area contributed by atoms with Gasteiger partial charge in [-0.25, -0.2) is 0 Å². The minimum Gasteiger partial charge on any atom is -0.377 e. The molecule has 1 saturated heterocycles. The van der Waals surface area contributed by atoms with Gasteiger partial charge < -0.3 is 4.74 Å². The lowest BCUT2D eigenvalue weighted by molar-refractivity contribution is -0.0808. The minimum absolute atomic E-state index is 0.468. The van der Waals surface area contributed by atoms with Gasteiger partial charge in [-0.15, -0.1) is 0 Å². The van der Waals surface area contributed by atoms with Crippen molar-refractivity contribution in [2.24, 2.45) is 23.7 Å². The quantitative estimate of drug-likeness (QED) is 0.582. The Labute approximate surface area is 87.5 Å². The number of ether oxygens (including phenoxy) is 1. The molecule has 1 heterocycles. The van der Waals surface area contributed by atoms with Crippen molar-refractivity contribution in [2.45, 2.75) is 40.2 Å². The molecule has 0 spiro atoms. The van der Waals surface area contributed by atoms with E-state index in [1.807, 2.05) is 0 Å². The van der Waals surface area contributed by atoms with Gasteiger partial charge in [0.2, 0.25) is 0 Å². The summed E-state index contributed by atoms with van der Waals surface area (Å²) < 4.78 is 6.01. The van der Waals surface area contributed by atoms with E-state index in [9.17, 15) is 0 Å². The average Bonchev–Trinajstić information content (AvgIpc) is 2.14. The minimum atomic E-state index is 0.468. The average molecular weight is 194 g/mol. The molecule has 14 heavy (non-hydrogen) atoms. The van der Waals surface area contributed by atoms with E-state index in [2.05, 4.69) is 33.8 Å². The maximum absolute atomic E-state index is 6.01. The summed E-state index contributed by atoms with van der Waals surface area (Å²) in [6.45, 7) is 10.1. The van der Waals surface area contributed by atoms with Crippen molar-refractivity contribution in [1.82, 2.24) is 0 Å². The largest absolute Gasteiger partial charge is 0.377 e. The molecule has 0 aromatic rings. The monoisotopic (exact) mass is 194 g/mol. The molecule has 0 aromatic heterocycles. The Balaban J connectivity index is 2.20. The van der Waals surface area contributed by atoms with Crippen molar-refractivity contribution in [1.29, 1.82) is 0 Å². The molecule has 0 radical (unpaired) electrons. The topological polar surface area (TPSA) is 9.23 Å². The van der Waals surface area contributed by atoms with Crippen LogP contribution in [-0.4, -0.2) is 12.7 Å². The van der Waals surface area contributed by atoms with Crippen molar-refractivity contribution < 1.29 is 4.74 Å². The fourth-order valence-electron chi connectivity index (χ4n) is 3.02. The molecular weight excluding hydrogens is 172 g/mol. The highest BCUT2D eigenvalue weighted by Gasteiger charge is 2.38. The van der Waals surface area contributed by atoms with Crippen molar-refractivity contribution in [3.05, 3.63) is 11.6 Å². The fraction of sp³-hybridized carbons (Fsp3) is 0.846. The molecule has 2 aliphatic rings. The molecule has 4 atom stereocenters. The van der Waals surface area contributed by atoms with Crippen LogP contribution in [0.1, 0.15) is 34.1 Å². The fourth-order valence-corrected chi connectivity index (χ4v) is 3.02. The molecule has 1 fully saturated rings. The molecular formula is C13H22O. The third kappa shape index (κ3) is 1.63. The molecule has 1 nitrogen and oxygen atoms in total. The predicted molar refractivity (Wildman–Crippen MR) is 59.1 cm³/mol. The van der Waals surface area contributed by atoms with Crippen LogP contribution in [-0.2, 0) is 4.74 Å². The first-order valence-corrected chi connectivity index (χ1v) is 5.89. The normalized spacial score (nSPS) is 42.5. The Morgan fingerprint density at radius 2 is 2.14 bits per heavy atom. The third-order valence-electron chi connectivity index (χ3n) is 3.97. The molecule has 1 heteroatoms. The van der Waals surface area contributed by atoms with Crippen LogP contribution in [0.25, 0.3) is 0 Å². The van der Waals surface area contributed by atoms with E-state index in [0.29, 0.717) is 17.9 Å². The van der Waals surface area contributed by atoms with Gasteiger partial charge in [0, 0.05) is 5.92 Å². The van der Waals surface area contributed by atoms with Crippen LogP contribution in [0, 0.1) is 23.7 Å².